The van der Waals surface area contributed by atoms with Crippen molar-refractivity contribution < 1.29 is 14.4 Å². The normalized spacial score (nSPS) is 16.5. The van der Waals surface area contributed by atoms with Crippen LogP contribution in [0.25, 0.3) is 6.08 Å². The summed E-state index contributed by atoms with van der Waals surface area (Å²) < 4.78 is 0. The number of anilines is 1. The van der Waals surface area contributed by atoms with Gasteiger partial charge in [0.1, 0.15) is 5.57 Å². The van der Waals surface area contributed by atoms with Crippen molar-refractivity contribution in [2.24, 2.45) is 0 Å². The van der Waals surface area contributed by atoms with Gasteiger partial charge in [0, 0.05) is 0 Å². The van der Waals surface area contributed by atoms with Crippen molar-refractivity contribution in [1.29, 1.82) is 0 Å². The molecule has 0 aliphatic carbocycles. The molecule has 0 spiro atoms. The molecule has 1 saturated heterocycles. The quantitative estimate of drug-likeness (QED) is 0.683. The average molecular weight is 320 g/mol. The minimum atomic E-state index is -0.740. The second-order valence-corrected chi connectivity index (χ2v) is 5.65. The summed E-state index contributed by atoms with van der Waals surface area (Å²) in [5, 5.41) is 2.22. The van der Waals surface area contributed by atoms with Gasteiger partial charge in [-0.25, -0.2) is 9.69 Å². The zero-order valence-corrected chi connectivity index (χ0v) is 13.4. The lowest BCUT2D eigenvalue weighted by Gasteiger charge is -2.26. The third-order valence-electron chi connectivity index (χ3n) is 3.88. The Hall–Kier alpha value is -3.21. The number of urea groups is 1. The van der Waals surface area contributed by atoms with Gasteiger partial charge in [0.05, 0.1) is 5.69 Å². The van der Waals surface area contributed by atoms with E-state index < -0.39 is 17.8 Å². The number of barbiturate groups is 1. The van der Waals surface area contributed by atoms with Crippen LogP contribution in [0, 0.1) is 13.8 Å². The smallest absolute Gasteiger partial charge is 0.273 e. The maximum atomic E-state index is 12.7. The van der Waals surface area contributed by atoms with Crippen LogP contribution in [-0.2, 0) is 9.59 Å². The molecule has 1 aliphatic rings. The van der Waals surface area contributed by atoms with Crippen LogP contribution >= 0.6 is 0 Å². The Bertz CT molecular complexity index is 866. The Kier molecular flexibility index (Phi) is 4.00. The first-order valence-corrected chi connectivity index (χ1v) is 7.51. The molecule has 120 valence electrons. The van der Waals surface area contributed by atoms with Crippen molar-refractivity contribution in [3.8, 4) is 0 Å². The minimum absolute atomic E-state index is 0.0653. The Labute approximate surface area is 139 Å². The van der Waals surface area contributed by atoms with Gasteiger partial charge < -0.3 is 0 Å². The average Bonchev–Trinajstić information content (AvgIpc) is 2.54. The lowest BCUT2D eigenvalue weighted by Crippen LogP contribution is -2.54. The molecule has 1 aliphatic heterocycles. The van der Waals surface area contributed by atoms with Crippen molar-refractivity contribution in [2.45, 2.75) is 13.8 Å². The summed E-state index contributed by atoms with van der Waals surface area (Å²) in [4.78, 5) is 37.9. The molecule has 0 bridgehead atoms. The molecule has 0 unspecified atom stereocenters. The summed E-state index contributed by atoms with van der Waals surface area (Å²) in [5.74, 6) is -1.31. The minimum Gasteiger partial charge on any atom is -0.273 e. The molecular formula is C19H16N2O3. The molecule has 1 fully saturated rings. The van der Waals surface area contributed by atoms with Crippen LogP contribution < -0.4 is 10.2 Å². The third-order valence-corrected chi connectivity index (χ3v) is 3.88. The fourth-order valence-corrected chi connectivity index (χ4v) is 2.49. The zero-order valence-electron chi connectivity index (χ0n) is 13.4. The number of nitrogens with one attached hydrogen (secondary N) is 1. The van der Waals surface area contributed by atoms with Gasteiger partial charge in [-0.3, -0.25) is 14.9 Å². The van der Waals surface area contributed by atoms with E-state index in [4.69, 9.17) is 0 Å². The van der Waals surface area contributed by atoms with E-state index in [1.165, 1.54) is 6.08 Å². The Morgan fingerprint density at radius 3 is 2.25 bits per heavy atom. The molecule has 1 N–H and O–H groups in total. The highest BCUT2D eigenvalue weighted by atomic mass is 16.2. The third kappa shape index (κ3) is 2.84. The Morgan fingerprint density at radius 2 is 1.58 bits per heavy atom. The fraction of sp³-hybridized carbons (Fsp3) is 0.105. The maximum Gasteiger partial charge on any atom is 0.335 e. The second-order valence-electron chi connectivity index (χ2n) is 5.65. The molecule has 0 aromatic heterocycles. The largest absolute Gasteiger partial charge is 0.335 e. The number of carbonyl (C=O) groups excluding carboxylic acids is 3. The van der Waals surface area contributed by atoms with E-state index in [1.54, 1.807) is 24.3 Å². The van der Waals surface area contributed by atoms with E-state index in [0.29, 0.717) is 5.69 Å². The number of amides is 4. The lowest BCUT2D eigenvalue weighted by atomic mass is 10.0. The van der Waals surface area contributed by atoms with Gasteiger partial charge in [-0.15, -0.1) is 0 Å². The van der Waals surface area contributed by atoms with Crippen LogP contribution in [0.5, 0.6) is 0 Å². The van der Waals surface area contributed by atoms with Crippen molar-refractivity contribution in [2.75, 3.05) is 4.90 Å². The predicted octanol–water partition coefficient (Wildman–Crippen LogP) is 2.97. The van der Waals surface area contributed by atoms with Crippen LogP contribution in [0.1, 0.15) is 16.7 Å². The number of rotatable bonds is 2. The molecule has 0 atom stereocenters. The van der Waals surface area contributed by atoms with Crippen LogP contribution in [0.3, 0.4) is 0 Å². The number of benzene rings is 2. The fourth-order valence-electron chi connectivity index (χ4n) is 2.49. The maximum absolute atomic E-state index is 12.7. The van der Waals surface area contributed by atoms with Gasteiger partial charge >= 0.3 is 6.03 Å². The van der Waals surface area contributed by atoms with Gasteiger partial charge in [-0.05, 0) is 43.2 Å². The van der Waals surface area contributed by atoms with E-state index in [-0.39, 0.29) is 5.57 Å². The van der Waals surface area contributed by atoms with Gasteiger partial charge in [0.15, 0.2) is 0 Å². The molecule has 0 radical (unpaired) electrons. The topological polar surface area (TPSA) is 66.5 Å². The van der Waals surface area contributed by atoms with Crippen LogP contribution in [-0.4, -0.2) is 17.8 Å². The standard InChI is InChI=1S/C19H16N2O3/c1-12-7-9-15(10-8-12)21-18(23)16(17(22)20-19(21)24)11-14-6-4-3-5-13(14)2/h3-11H,1-2H3,(H,20,22,24). The second kappa shape index (κ2) is 6.12. The number of hydrogen-bond acceptors (Lipinski definition) is 3. The van der Waals surface area contributed by atoms with Gasteiger partial charge in [0.2, 0.25) is 0 Å². The molecule has 5 nitrogen and oxygen atoms in total. The van der Waals surface area contributed by atoms with Crippen LogP contribution in [0.4, 0.5) is 10.5 Å². The number of carbonyl (C=O) groups is 3. The molecule has 2 aromatic rings. The molecule has 0 saturated carbocycles. The number of hydrogen-bond donors (Lipinski definition) is 1. The summed E-state index contributed by atoms with van der Waals surface area (Å²) in [5.41, 5.74) is 3.06. The molecule has 5 heteroatoms. The predicted molar refractivity (Wildman–Crippen MR) is 91.4 cm³/mol. The Morgan fingerprint density at radius 1 is 0.917 bits per heavy atom. The molecule has 1 heterocycles. The summed E-state index contributed by atoms with van der Waals surface area (Å²) in [6.07, 6.45) is 1.51. The van der Waals surface area contributed by atoms with E-state index in [0.717, 1.165) is 21.6 Å². The van der Waals surface area contributed by atoms with Crippen LogP contribution in [0.15, 0.2) is 54.1 Å². The summed E-state index contributed by atoms with van der Waals surface area (Å²) in [6.45, 7) is 3.80. The zero-order chi connectivity index (χ0) is 17.3. The van der Waals surface area contributed by atoms with Crippen LogP contribution in [0.2, 0.25) is 0 Å². The molecule has 4 amide bonds. The van der Waals surface area contributed by atoms with E-state index in [1.807, 2.05) is 38.1 Å². The SMILES string of the molecule is Cc1ccc(N2C(=O)NC(=O)C(=Cc3ccccc3C)C2=O)cc1. The van der Waals surface area contributed by atoms with E-state index in [2.05, 4.69) is 5.32 Å². The summed E-state index contributed by atoms with van der Waals surface area (Å²) >= 11 is 0. The van der Waals surface area contributed by atoms with Crippen molar-refractivity contribution in [3.05, 3.63) is 70.8 Å². The highest BCUT2D eigenvalue weighted by Gasteiger charge is 2.36. The van der Waals surface area contributed by atoms with E-state index in [9.17, 15) is 14.4 Å². The first-order chi connectivity index (χ1) is 11.5. The van der Waals surface area contributed by atoms with Crippen molar-refractivity contribution in [3.63, 3.8) is 0 Å². The Balaban J connectivity index is 2.03. The lowest BCUT2D eigenvalue weighted by molar-refractivity contribution is -0.122. The molecule has 2 aromatic carbocycles. The number of imide groups is 2. The summed E-state index contributed by atoms with van der Waals surface area (Å²) in [6, 6.07) is 13.6. The first-order valence-electron chi connectivity index (χ1n) is 7.51. The highest BCUT2D eigenvalue weighted by Crippen LogP contribution is 2.22. The van der Waals surface area contributed by atoms with Gasteiger partial charge in [0.25, 0.3) is 11.8 Å². The highest BCUT2D eigenvalue weighted by molar-refractivity contribution is 6.39. The van der Waals surface area contributed by atoms with Crippen molar-refractivity contribution >= 4 is 29.6 Å². The van der Waals surface area contributed by atoms with E-state index >= 15 is 0 Å². The monoisotopic (exact) mass is 320 g/mol. The van der Waals surface area contributed by atoms with Gasteiger partial charge in [-0.1, -0.05) is 42.0 Å². The first kappa shape index (κ1) is 15.7. The summed E-state index contributed by atoms with van der Waals surface area (Å²) in [7, 11) is 0. The molecule has 3 rings (SSSR count). The van der Waals surface area contributed by atoms with Crippen molar-refractivity contribution in [1.82, 2.24) is 5.32 Å². The molecule has 24 heavy (non-hydrogen) atoms. The number of aryl methyl sites for hydroxylation is 2. The van der Waals surface area contributed by atoms with Gasteiger partial charge in [-0.2, -0.15) is 0 Å². The molecular weight excluding hydrogens is 304 g/mol. The number of nitrogens with zero attached hydrogens (tertiary/aromatic N) is 1.